The second kappa shape index (κ2) is 9.27. The molecule has 0 fully saturated rings. The van der Waals surface area contributed by atoms with Crippen LogP contribution in [0.1, 0.15) is 41.9 Å². The summed E-state index contributed by atoms with van der Waals surface area (Å²) in [7, 11) is 0. The summed E-state index contributed by atoms with van der Waals surface area (Å²) in [4.78, 5) is 21.2. The molecular weight excluding hydrogens is 322 g/mol. The fourth-order valence-corrected chi connectivity index (χ4v) is 2.69. The third-order valence-corrected chi connectivity index (χ3v) is 4.03. The molecule has 5 nitrogen and oxygen atoms in total. The highest BCUT2D eigenvalue weighted by atomic mass is 32.2. The third-order valence-electron chi connectivity index (χ3n) is 3.47. The van der Waals surface area contributed by atoms with E-state index in [9.17, 15) is 4.79 Å². The van der Waals surface area contributed by atoms with Crippen LogP contribution in [0, 0.1) is 0 Å². The van der Waals surface area contributed by atoms with Crippen LogP contribution in [-0.2, 0) is 13.0 Å². The molecule has 0 aliphatic carbocycles. The predicted octanol–water partition coefficient (Wildman–Crippen LogP) is 3.48. The Kier molecular flexibility index (Phi) is 7.06. The molecule has 0 saturated carbocycles. The van der Waals surface area contributed by atoms with Crippen LogP contribution in [0.15, 0.2) is 35.6 Å². The lowest BCUT2D eigenvalue weighted by molar-refractivity contribution is 0.0948. The van der Waals surface area contributed by atoms with Gasteiger partial charge in [0.15, 0.2) is 5.16 Å². The van der Waals surface area contributed by atoms with Gasteiger partial charge in [-0.3, -0.25) is 4.79 Å². The van der Waals surface area contributed by atoms with Crippen molar-refractivity contribution in [2.75, 3.05) is 12.9 Å². The number of aromatic nitrogens is 2. The monoisotopic (exact) mass is 345 g/mol. The van der Waals surface area contributed by atoms with E-state index >= 15 is 0 Å². The number of hydrogen-bond donors (Lipinski definition) is 1. The predicted molar refractivity (Wildman–Crippen MR) is 96.6 cm³/mol. The number of para-hydroxylation sites is 1. The van der Waals surface area contributed by atoms with Gasteiger partial charge in [0.2, 0.25) is 0 Å². The summed E-state index contributed by atoms with van der Waals surface area (Å²) < 4.78 is 5.59. The summed E-state index contributed by atoms with van der Waals surface area (Å²) in [6.45, 7) is 5.01. The minimum Gasteiger partial charge on any atom is -0.494 e. The summed E-state index contributed by atoms with van der Waals surface area (Å²) in [5, 5.41) is 3.64. The summed E-state index contributed by atoms with van der Waals surface area (Å²) >= 11 is 1.48. The van der Waals surface area contributed by atoms with E-state index in [1.807, 2.05) is 37.4 Å². The average molecular weight is 345 g/mol. The SMILES string of the molecule is CCCc1nc(SC)ncc1C(=O)NCc1ccccc1OCC. The van der Waals surface area contributed by atoms with E-state index in [1.54, 1.807) is 6.20 Å². The lowest BCUT2D eigenvalue weighted by atomic mass is 10.1. The minimum absolute atomic E-state index is 0.155. The van der Waals surface area contributed by atoms with Gasteiger partial charge in [0, 0.05) is 18.3 Å². The van der Waals surface area contributed by atoms with Gasteiger partial charge in [-0.05, 0) is 25.7 Å². The van der Waals surface area contributed by atoms with Crippen LogP contribution in [0.2, 0.25) is 0 Å². The number of amides is 1. The van der Waals surface area contributed by atoms with E-state index in [0.717, 1.165) is 29.8 Å². The van der Waals surface area contributed by atoms with Crippen LogP contribution < -0.4 is 10.1 Å². The number of rotatable bonds is 8. The van der Waals surface area contributed by atoms with Crippen LogP contribution >= 0.6 is 11.8 Å². The van der Waals surface area contributed by atoms with E-state index in [2.05, 4.69) is 22.2 Å². The Balaban J connectivity index is 2.13. The molecule has 24 heavy (non-hydrogen) atoms. The van der Waals surface area contributed by atoms with Crippen LogP contribution in [0.25, 0.3) is 0 Å². The molecule has 128 valence electrons. The van der Waals surface area contributed by atoms with Gasteiger partial charge >= 0.3 is 0 Å². The number of carbonyl (C=O) groups is 1. The molecule has 1 heterocycles. The van der Waals surface area contributed by atoms with Crippen LogP contribution in [0.5, 0.6) is 5.75 Å². The molecule has 0 aliphatic rings. The maximum Gasteiger partial charge on any atom is 0.254 e. The summed E-state index contributed by atoms with van der Waals surface area (Å²) in [6, 6.07) is 7.71. The van der Waals surface area contributed by atoms with Crippen molar-refractivity contribution in [1.82, 2.24) is 15.3 Å². The maximum atomic E-state index is 12.5. The van der Waals surface area contributed by atoms with E-state index in [0.29, 0.717) is 23.9 Å². The summed E-state index contributed by atoms with van der Waals surface area (Å²) in [5.74, 6) is 0.639. The quantitative estimate of drug-likeness (QED) is 0.586. The zero-order chi connectivity index (χ0) is 17.4. The fraction of sp³-hybridized carbons (Fsp3) is 0.389. The Morgan fingerprint density at radius 2 is 2.08 bits per heavy atom. The van der Waals surface area contributed by atoms with E-state index in [-0.39, 0.29) is 5.91 Å². The number of thioether (sulfide) groups is 1. The summed E-state index contributed by atoms with van der Waals surface area (Å²) in [6.07, 6.45) is 5.23. The van der Waals surface area contributed by atoms with E-state index in [1.165, 1.54) is 11.8 Å². The van der Waals surface area contributed by atoms with Crippen molar-refractivity contribution in [3.8, 4) is 5.75 Å². The number of ether oxygens (including phenoxy) is 1. The lowest BCUT2D eigenvalue weighted by Gasteiger charge is -2.12. The highest BCUT2D eigenvalue weighted by Crippen LogP contribution is 2.18. The van der Waals surface area contributed by atoms with Gasteiger partial charge in [0.1, 0.15) is 5.75 Å². The fourth-order valence-electron chi connectivity index (χ4n) is 2.33. The molecule has 1 aromatic carbocycles. The first-order chi connectivity index (χ1) is 11.7. The van der Waals surface area contributed by atoms with Gasteiger partial charge in [-0.25, -0.2) is 9.97 Å². The average Bonchev–Trinajstić information content (AvgIpc) is 2.61. The molecule has 0 atom stereocenters. The van der Waals surface area contributed by atoms with E-state index in [4.69, 9.17) is 4.74 Å². The Morgan fingerprint density at radius 1 is 1.29 bits per heavy atom. The van der Waals surface area contributed by atoms with Crippen LogP contribution in [-0.4, -0.2) is 28.7 Å². The number of aryl methyl sites for hydroxylation is 1. The molecule has 1 N–H and O–H groups in total. The largest absolute Gasteiger partial charge is 0.494 e. The normalized spacial score (nSPS) is 10.5. The van der Waals surface area contributed by atoms with Gasteiger partial charge in [-0.2, -0.15) is 0 Å². The van der Waals surface area contributed by atoms with Crippen molar-refractivity contribution in [1.29, 1.82) is 0 Å². The molecule has 0 bridgehead atoms. The number of carbonyl (C=O) groups excluding carboxylic acids is 1. The number of benzene rings is 1. The molecule has 1 aromatic heterocycles. The van der Waals surface area contributed by atoms with Gasteiger partial charge in [-0.1, -0.05) is 43.3 Å². The highest BCUT2D eigenvalue weighted by molar-refractivity contribution is 7.98. The molecule has 0 saturated heterocycles. The van der Waals surface area contributed by atoms with Crippen molar-refractivity contribution >= 4 is 17.7 Å². The van der Waals surface area contributed by atoms with Gasteiger partial charge < -0.3 is 10.1 Å². The van der Waals surface area contributed by atoms with Crippen LogP contribution in [0.3, 0.4) is 0 Å². The Hall–Kier alpha value is -2.08. The molecule has 0 aliphatic heterocycles. The highest BCUT2D eigenvalue weighted by Gasteiger charge is 2.14. The van der Waals surface area contributed by atoms with Crippen molar-refractivity contribution in [2.24, 2.45) is 0 Å². The molecule has 0 unspecified atom stereocenters. The lowest BCUT2D eigenvalue weighted by Crippen LogP contribution is -2.25. The number of nitrogens with one attached hydrogen (secondary N) is 1. The molecular formula is C18H23N3O2S. The van der Waals surface area contributed by atoms with Crippen LogP contribution in [0.4, 0.5) is 0 Å². The van der Waals surface area contributed by atoms with Crippen molar-refractivity contribution in [3.05, 3.63) is 47.3 Å². The van der Waals surface area contributed by atoms with Crippen molar-refractivity contribution in [2.45, 2.75) is 38.4 Å². The zero-order valence-corrected chi connectivity index (χ0v) is 15.2. The van der Waals surface area contributed by atoms with Gasteiger partial charge in [-0.15, -0.1) is 0 Å². The first kappa shape index (κ1) is 18.3. The molecule has 6 heteroatoms. The molecule has 1 amide bonds. The first-order valence-electron chi connectivity index (χ1n) is 8.08. The molecule has 2 aromatic rings. The van der Waals surface area contributed by atoms with E-state index < -0.39 is 0 Å². The van der Waals surface area contributed by atoms with Crippen molar-refractivity contribution < 1.29 is 9.53 Å². The number of nitrogens with zero attached hydrogens (tertiary/aromatic N) is 2. The Bertz CT molecular complexity index is 692. The Labute approximate surface area is 147 Å². The summed E-state index contributed by atoms with van der Waals surface area (Å²) in [5.41, 5.74) is 2.29. The Morgan fingerprint density at radius 3 is 2.79 bits per heavy atom. The zero-order valence-electron chi connectivity index (χ0n) is 14.3. The smallest absolute Gasteiger partial charge is 0.254 e. The maximum absolute atomic E-state index is 12.5. The standard InChI is InChI=1S/C18H23N3O2S/c1-4-8-15-14(12-20-18(21-15)24-3)17(22)19-11-13-9-6-7-10-16(13)23-5-2/h6-7,9-10,12H,4-5,8,11H2,1-3H3,(H,19,22). The van der Waals surface area contributed by atoms with Crippen molar-refractivity contribution in [3.63, 3.8) is 0 Å². The number of hydrogen-bond acceptors (Lipinski definition) is 5. The second-order valence-electron chi connectivity index (χ2n) is 5.19. The topological polar surface area (TPSA) is 64.1 Å². The first-order valence-corrected chi connectivity index (χ1v) is 9.30. The van der Waals surface area contributed by atoms with Gasteiger partial charge in [0.05, 0.1) is 17.9 Å². The third kappa shape index (κ3) is 4.71. The van der Waals surface area contributed by atoms with Gasteiger partial charge in [0.25, 0.3) is 5.91 Å². The second-order valence-corrected chi connectivity index (χ2v) is 5.96. The molecule has 2 rings (SSSR count). The molecule has 0 radical (unpaired) electrons. The minimum atomic E-state index is -0.155. The molecule has 0 spiro atoms.